The van der Waals surface area contributed by atoms with Crippen molar-refractivity contribution in [3.8, 4) is 0 Å². The smallest absolute Gasteiger partial charge is 0.382 e. The van der Waals surface area contributed by atoms with Gasteiger partial charge in [0, 0.05) is 17.3 Å². The van der Waals surface area contributed by atoms with Crippen molar-refractivity contribution in [2.24, 2.45) is 11.8 Å². The molecule has 0 unspecified atom stereocenters. The first-order valence-electron chi connectivity index (χ1n) is 6.51. The van der Waals surface area contributed by atoms with E-state index in [1.165, 1.54) is 12.1 Å². The molecular weight excluding hydrogens is 305 g/mol. The van der Waals surface area contributed by atoms with E-state index in [2.05, 4.69) is 4.85 Å². The molecular formula is C14H12ClF3N2O. The van der Waals surface area contributed by atoms with Crippen molar-refractivity contribution in [3.63, 3.8) is 0 Å². The number of nitrogens with zero attached hydrogens (tertiary/aromatic N) is 2. The van der Waals surface area contributed by atoms with Crippen LogP contribution in [-0.4, -0.2) is 30.0 Å². The largest absolute Gasteiger partial charge is 0.416 e. The fraction of sp³-hybridized carbons (Fsp3) is 0.500. The molecule has 1 heterocycles. The second-order valence-electron chi connectivity index (χ2n) is 5.54. The summed E-state index contributed by atoms with van der Waals surface area (Å²) in [5, 5.41) is 9.85. The third-order valence-corrected chi connectivity index (χ3v) is 4.55. The third-order valence-electron chi connectivity index (χ3n) is 4.25. The van der Waals surface area contributed by atoms with Crippen LogP contribution in [-0.2, 0) is 0 Å². The van der Waals surface area contributed by atoms with Crippen LogP contribution in [0.2, 0.25) is 5.02 Å². The molecule has 1 aromatic carbocycles. The minimum atomic E-state index is -4.64. The monoisotopic (exact) mass is 316 g/mol. The van der Waals surface area contributed by atoms with Crippen molar-refractivity contribution in [1.82, 2.24) is 0 Å². The highest BCUT2D eigenvalue weighted by Crippen LogP contribution is 2.53. The Balaban J connectivity index is 1.91. The lowest BCUT2D eigenvalue weighted by molar-refractivity contribution is -0.210. The second-order valence-corrected chi connectivity index (χ2v) is 5.94. The maximum absolute atomic E-state index is 12.8. The van der Waals surface area contributed by atoms with Crippen LogP contribution < -0.4 is 4.90 Å². The van der Waals surface area contributed by atoms with Crippen LogP contribution in [0.15, 0.2) is 18.2 Å². The van der Waals surface area contributed by atoms with E-state index in [-0.39, 0.29) is 22.5 Å². The van der Waals surface area contributed by atoms with Crippen LogP contribution in [0.4, 0.5) is 24.5 Å². The minimum Gasteiger partial charge on any atom is -0.382 e. The summed E-state index contributed by atoms with van der Waals surface area (Å²) in [4.78, 5) is 4.79. The molecule has 1 aliphatic heterocycles. The zero-order chi connectivity index (χ0) is 15.4. The van der Waals surface area contributed by atoms with Crippen LogP contribution in [0.3, 0.4) is 0 Å². The molecule has 21 heavy (non-hydrogen) atoms. The molecule has 2 aliphatic rings. The molecule has 3 nitrogen and oxygen atoms in total. The van der Waals surface area contributed by atoms with Gasteiger partial charge in [-0.3, -0.25) is 0 Å². The van der Waals surface area contributed by atoms with Gasteiger partial charge >= 0.3 is 6.18 Å². The lowest BCUT2D eigenvalue weighted by Gasteiger charge is -2.34. The first-order chi connectivity index (χ1) is 9.82. The van der Waals surface area contributed by atoms with Crippen LogP contribution in [0, 0.1) is 18.4 Å². The Kier molecular flexibility index (Phi) is 3.30. The molecule has 1 saturated heterocycles. The molecule has 3 rings (SSSR count). The van der Waals surface area contributed by atoms with E-state index in [9.17, 15) is 18.3 Å². The topological polar surface area (TPSA) is 27.8 Å². The van der Waals surface area contributed by atoms with Gasteiger partial charge in [-0.25, -0.2) is 4.85 Å². The molecule has 112 valence electrons. The lowest BCUT2D eigenvalue weighted by Crippen LogP contribution is -2.49. The van der Waals surface area contributed by atoms with Crippen molar-refractivity contribution < 1.29 is 18.3 Å². The van der Waals surface area contributed by atoms with Crippen LogP contribution in [0.5, 0.6) is 0 Å². The molecule has 7 heteroatoms. The summed E-state index contributed by atoms with van der Waals surface area (Å²) in [6.07, 6.45) is -6.28. The van der Waals surface area contributed by atoms with Crippen molar-refractivity contribution in [3.05, 3.63) is 34.6 Å². The number of hydrogen-bond donors (Lipinski definition) is 1. The predicted molar refractivity (Wildman–Crippen MR) is 72.5 cm³/mol. The lowest BCUT2D eigenvalue weighted by atomic mass is 10.0. The number of halogens is 4. The third kappa shape index (κ3) is 2.45. The number of hydrogen-bond acceptors (Lipinski definition) is 2. The van der Waals surface area contributed by atoms with Gasteiger partial charge < -0.3 is 10.0 Å². The Labute approximate surface area is 124 Å². The summed E-state index contributed by atoms with van der Waals surface area (Å²) < 4.78 is 38.5. The van der Waals surface area contributed by atoms with Gasteiger partial charge in [-0.2, -0.15) is 13.2 Å². The zero-order valence-corrected chi connectivity index (χ0v) is 11.6. The number of anilines is 1. The SMILES string of the molecule is [C-]#[N+]c1ccc(N2C[C@@H]3C[C@@H]3[C@@H]2[C@@H](O)C(F)(F)F)cc1Cl. The normalized spacial score (nSPS) is 29.0. The molecule has 1 N–H and O–H groups in total. The van der Waals surface area contributed by atoms with E-state index in [0.29, 0.717) is 12.2 Å². The van der Waals surface area contributed by atoms with Crippen molar-refractivity contribution in [2.45, 2.75) is 24.7 Å². The van der Waals surface area contributed by atoms with E-state index in [4.69, 9.17) is 18.2 Å². The number of alkyl halides is 3. The maximum Gasteiger partial charge on any atom is 0.416 e. The van der Waals surface area contributed by atoms with Crippen molar-refractivity contribution >= 4 is 23.0 Å². The van der Waals surface area contributed by atoms with Gasteiger partial charge in [-0.15, -0.1) is 0 Å². The molecule has 4 atom stereocenters. The maximum atomic E-state index is 12.8. The summed E-state index contributed by atoms with van der Waals surface area (Å²) >= 11 is 5.95. The average Bonchev–Trinajstić information content (AvgIpc) is 3.08. The number of fused-ring (bicyclic) bond motifs is 1. The number of piperidine rings is 1. The summed E-state index contributed by atoms with van der Waals surface area (Å²) in [6.45, 7) is 7.41. The number of aliphatic hydroxyl groups is 1. The summed E-state index contributed by atoms with van der Waals surface area (Å²) in [6, 6.07) is 3.60. The Hall–Kier alpha value is -1.45. The van der Waals surface area contributed by atoms with Gasteiger partial charge in [-0.1, -0.05) is 17.7 Å². The molecule has 0 radical (unpaired) electrons. The quantitative estimate of drug-likeness (QED) is 0.844. The van der Waals surface area contributed by atoms with Crippen molar-refractivity contribution in [1.29, 1.82) is 0 Å². The highest BCUT2D eigenvalue weighted by molar-refractivity contribution is 6.33. The van der Waals surface area contributed by atoms with Gasteiger partial charge in [0.1, 0.15) is 0 Å². The molecule has 2 fully saturated rings. The van der Waals surface area contributed by atoms with Crippen LogP contribution in [0.25, 0.3) is 4.85 Å². The predicted octanol–water partition coefficient (Wildman–Crippen LogP) is 3.64. The van der Waals surface area contributed by atoms with Gasteiger partial charge in [0.25, 0.3) is 0 Å². The Bertz CT molecular complexity index is 613. The van der Waals surface area contributed by atoms with E-state index in [0.717, 1.165) is 6.42 Å². The average molecular weight is 317 g/mol. The fourth-order valence-electron chi connectivity index (χ4n) is 3.15. The fourth-order valence-corrected chi connectivity index (χ4v) is 3.36. The molecule has 1 aromatic rings. The number of aliphatic hydroxyl groups excluding tert-OH is 1. The highest BCUT2D eigenvalue weighted by atomic mass is 35.5. The second kappa shape index (κ2) is 4.79. The van der Waals surface area contributed by atoms with E-state index < -0.39 is 18.3 Å². The first kappa shape index (κ1) is 14.5. The van der Waals surface area contributed by atoms with E-state index in [1.807, 2.05) is 0 Å². The van der Waals surface area contributed by atoms with Gasteiger partial charge in [-0.05, 0) is 30.4 Å². The zero-order valence-electron chi connectivity index (χ0n) is 10.8. The molecule has 0 aromatic heterocycles. The van der Waals surface area contributed by atoms with Crippen LogP contribution >= 0.6 is 11.6 Å². The molecule has 0 amide bonds. The van der Waals surface area contributed by atoms with Crippen molar-refractivity contribution in [2.75, 3.05) is 11.4 Å². The Morgan fingerprint density at radius 1 is 1.43 bits per heavy atom. The van der Waals surface area contributed by atoms with Gasteiger partial charge in [0.2, 0.25) is 5.69 Å². The number of rotatable bonds is 2. The minimum absolute atomic E-state index is 0.124. The van der Waals surface area contributed by atoms with Crippen LogP contribution in [0.1, 0.15) is 6.42 Å². The van der Waals surface area contributed by atoms with E-state index in [1.54, 1.807) is 11.0 Å². The Morgan fingerprint density at radius 2 is 2.14 bits per heavy atom. The Morgan fingerprint density at radius 3 is 2.71 bits per heavy atom. The number of benzene rings is 1. The summed E-state index contributed by atoms with van der Waals surface area (Å²) in [7, 11) is 0. The summed E-state index contributed by atoms with van der Waals surface area (Å²) in [5.74, 6) is 0.0762. The van der Waals surface area contributed by atoms with E-state index >= 15 is 0 Å². The molecule has 0 bridgehead atoms. The first-order valence-corrected chi connectivity index (χ1v) is 6.89. The van der Waals surface area contributed by atoms with Gasteiger partial charge in [0.05, 0.1) is 12.6 Å². The van der Waals surface area contributed by atoms with Gasteiger partial charge in [0.15, 0.2) is 6.10 Å². The standard InChI is InChI=1S/C14H12ClF3N2O/c1-19-11-3-2-8(5-10(11)15)20-6-7-4-9(7)12(20)13(21)14(16,17)18/h2-3,5,7,9,12-13,21H,4,6H2/t7-,9-,12+,13+/m0/s1. The summed E-state index contributed by atoms with van der Waals surface area (Å²) in [5.41, 5.74) is 0.783. The molecule has 1 aliphatic carbocycles. The molecule has 1 saturated carbocycles. The molecule has 0 spiro atoms. The highest BCUT2D eigenvalue weighted by Gasteiger charge is 2.60.